The van der Waals surface area contributed by atoms with E-state index in [1.165, 1.54) is 6.20 Å². The van der Waals surface area contributed by atoms with Gasteiger partial charge in [0.05, 0.1) is 6.57 Å². The molecule has 0 atom stereocenters. The molecule has 0 bridgehead atoms. The highest BCUT2D eigenvalue weighted by Crippen LogP contribution is 2.22. The summed E-state index contributed by atoms with van der Waals surface area (Å²) in [5.74, 6) is 0. The second kappa shape index (κ2) is 2.68. The van der Waals surface area contributed by atoms with Crippen LogP contribution >= 0.6 is 11.6 Å². The lowest BCUT2D eigenvalue weighted by atomic mass is 10.3. The highest BCUT2D eigenvalue weighted by Gasteiger charge is 2.00. The predicted molar refractivity (Wildman–Crippen MR) is 40.2 cm³/mol. The third-order valence-electron chi connectivity index (χ3n) is 1.23. The molecule has 1 heterocycles. The highest BCUT2D eigenvalue weighted by molar-refractivity contribution is 6.30. The highest BCUT2D eigenvalue weighted by atomic mass is 35.5. The van der Waals surface area contributed by atoms with Gasteiger partial charge in [0.2, 0.25) is 0 Å². The Bertz CT molecular complexity index is 288. The third kappa shape index (κ3) is 1.09. The summed E-state index contributed by atoms with van der Waals surface area (Å²) in [5, 5.41) is 0.411. The van der Waals surface area contributed by atoms with E-state index >= 15 is 0 Å². The SMILES string of the molecule is [C-]#[N+]c1ccnc(Cl)c1C. The second-order valence-electron chi connectivity index (χ2n) is 1.86. The number of aromatic nitrogens is 1. The molecule has 0 N–H and O–H groups in total. The number of pyridine rings is 1. The molecule has 0 spiro atoms. The normalized spacial score (nSPS) is 8.90. The Morgan fingerprint density at radius 2 is 2.40 bits per heavy atom. The van der Waals surface area contributed by atoms with Crippen LogP contribution in [-0.4, -0.2) is 4.98 Å². The molecule has 0 aliphatic heterocycles. The zero-order valence-corrected chi connectivity index (χ0v) is 6.18. The first-order valence-electron chi connectivity index (χ1n) is 2.74. The van der Waals surface area contributed by atoms with Crippen LogP contribution in [0.3, 0.4) is 0 Å². The molecule has 0 saturated heterocycles. The van der Waals surface area contributed by atoms with Crippen molar-refractivity contribution in [2.75, 3.05) is 0 Å². The maximum absolute atomic E-state index is 6.72. The van der Waals surface area contributed by atoms with E-state index in [0.29, 0.717) is 10.8 Å². The van der Waals surface area contributed by atoms with Gasteiger partial charge in [0.1, 0.15) is 5.15 Å². The minimum absolute atomic E-state index is 0.411. The average Bonchev–Trinajstić information content (AvgIpc) is 1.95. The van der Waals surface area contributed by atoms with Crippen molar-refractivity contribution in [3.05, 3.63) is 34.4 Å². The van der Waals surface area contributed by atoms with Gasteiger partial charge in [-0.3, -0.25) is 0 Å². The Morgan fingerprint density at radius 3 is 2.90 bits per heavy atom. The third-order valence-corrected chi connectivity index (χ3v) is 1.62. The summed E-state index contributed by atoms with van der Waals surface area (Å²) < 4.78 is 0. The lowest BCUT2D eigenvalue weighted by Gasteiger charge is -1.95. The molecule has 0 aliphatic rings. The molecule has 1 aromatic heterocycles. The van der Waals surface area contributed by atoms with E-state index in [-0.39, 0.29) is 0 Å². The molecule has 2 nitrogen and oxygen atoms in total. The lowest BCUT2D eigenvalue weighted by Crippen LogP contribution is -1.78. The van der Waals surface area contributed by atoms with Crippen LogP contribution in [-0.2, 0) is 0 Å². The smallest absolute Gasteiger partial charge is 0.194 e. The Kier molecular flexibility index (Phi) is 1.88. The minimum atomic E-state index is 0.411. The van der Waals surface area contributed by atoms with Gasteiger partial charge in [0, 0.05) is 6.20 Å². The topological polar surface area (TPSA) is 17.2 Å². The molecule has 0 fully saturated rings. The summed E-state index contributed by atoms with van der Waals surface area (Å²) in [7, 11) is 0. The Hall–Kier alpha value is -1.07. The summed E-state index contributed by atoms with van der Waals surface area (Å²) in [4.78, 5) is 7.07. The van der Waals surface area contributed by atoms with Crippen LogP contribution in [0.1, 0.15) is 5.56 Å². The van der Waals surface area contributed by atoms with E-state index in [9.17, 15) is 0 Å². The van der Waals surface area contributed by atoms with Crippen LogP contribution in [0.2, 0.25) is 5.15 Å². The zero-order valence-electron chi connectivity index (χ0n) is 5.43. The predicted octanol–water partition coefficient (Wildman–Crippen LogP) is 2.59. The fourth-order valence-electron chi connectivity index (χ4n) is 0.622. The number of hydrogen-bond acceptors (Lipinski definition) is 1. The van der Waals surface area contributed by atoms with Gasteiger partial charge in [-0.1, -0.05) is 11.6 Å². The molecule has 0 aromatic carbocycles. The van der Waals surface area contributed by atoms with Crippen molar-refractivity contribution in [1.82, 2.24) is 4.98 Å². The van der Waals surface area contributed by atoms with Crippen LogP contribution in [0.4, 0.5) is 5.69 Å². The maximum Gasteiger partial charge on any atom is 0.194 e. The Morgan fingerprint density at radius 1 is 1.70 bits per heavy atom. The molecule has 0 saturated carbocycles. The van der Waals surface area contributed by atoms with Crippen LogP contribution < -0.4 is 0 Å². The molecule has 0 unspecified atom stereocenters. The molecule has 0 amide bonds. The second-order valence-corrected chi connectivity index (χ2v) is 2.22. The molecular formula is C7H5ClN2. The molecule has 0 radical (unpaired) electrons. The first-order valence-corrected chi connectivity index (χ1v) is 3.12. The molecule has 0 aliphatic carbocycles. The average molecular weight is 153 g/mol. The molecule has 50 valence electrons. The fraction of sp³-hybridized carbons (Fsp3) is 0.143. The molecule has 1 aromatic rings. The summed E-state index contributed by atoms with van der Waals surface area (Å²) >= 11 is 5.64. The van der Waals surface area contributed by atoms with Crippen molar-refractivity contribution in [3.63, 3.8) is 0 Å². The van der Waals surface area contributed by atoms with Crippen LogP contribution in [0.5, 0.6) is 0 Å². The van der Waals surface area contributed by atoms with Crippen molar-refractivity contribution < 1.29 is 0 Å². The quantitative estimate of drug-likeness (QED) is 0.413. The monoisotopic (exact) mass is 152 g/mol. The van der Waals surface area contributed by atoms with Gasteiger partial charge in [0.25, 0.3) is 0 Å². The summed E-state index contributed by atoms with van der Waals surface area (Å²) in [6.45, 7) is 8.50. The molecular weight excluding hydrogens is 148 g/mol. The minimum Gasteiger partial charge on any atom is -0.247 e. The summed E-state index contributed by atoms with van der Waals surface area (Å²) in [6, 6.07) is 1.65. The van der Waals surface area contributed by atoms with Gasteiger partial charge >= 0.3 is 0 Å². The van der Waals surface area contributed by atoms with E-state index in [2.05, 4.69) is 9.83 Å². The van der Waals surface area contributed by atoms with Crippen molar-refractivity contribution in [2.24, 2.45) is 0 Å². The zero-order chi connectivity index (χ0) is 7.56. The number of hydrogen-bond donors (Lipinski definition) is 0. The van der Waals surface area contributed by atoms with Gasteiger partial charge < -0.3 is 0 Å². The number of nitrogens with zero attached hydrogens (tertiary/aromatic N) is 2. The molecule has 10 heavy (non-hydrogen) atoms. The maximum atomic E-state index is 6.72. The van der Waals surface area contributed by atoms with E-state index in [1.807, 2.05) is 0 Å². The number of rotatable bonds is 0. The van der Waals surface area contributed by atoms with Gasteiger partial charge in [0.15, 0.2) is 5.69 Å². The van der Waals surface area contributed by atoms with E-state index in [4.69, 9.17) is 18.2 Å². The molecule has 1 rings (SSSR count). The van der Waals surface area contributed by atoms with E-state index < -0.39 is 0 Å². The van der Waals surface area contributed by atoms with Crippen LogP contribution in [0, 0.1) is 13.5 Å². The Labute approximate surface area is 64.3 Å². The number of halogens is 1. The summed E-state index contributed by atoms with van der Waals surface area (Å²) in [5.41, 5.74) is 1.32. The first kappa shape index (κ1) is 7.04. The van der Waals surface area contributed by atoms with E-state index in [0.717, 1.165) is 5.56 Å². The molecule has 3 heteroatoms. The fourth-order valence-corrected chi connectivity index (χ4v) is 0.775. The standard InChI is InChI=1S/C7H5ClN2/c1-5-6(9-2)3-4-10-7(5)8/h3-4H,1H3. The Balaban J connectivity index is 3.31. The first-order chi connectivity index (χ1) is 4.75. The lowest BCUT2D eigenvalue weighted by molar-refractivity contribution is 1.28. The van der Waals surface area contributed by atoms with Gasteiger partial charge in [-0.05, 0) is 18.6 Å². The van der Waals surface area contributed by atoms with Gasteiger partial charge in [-0.15, -0.1) is 0 Å². The largest absolute Gasteiger partial charge is 0.247 e. The van der Waals surface area contributed by atoms with Gasteiger partial charge in [-0.2, -0.15) is 0 Å². The summed E-state index contributed by atoms with van der Waals surface area (Å²) in [6.07, 6.45) is 1.53. The van der Waals surface area contributed by atoms with Crippen molar-refractivity contribution in [2.45, 2.75) is 6.92 Å². The van der Waals surface area contributed by atoms with Crippen molar-refractivity contribution in [3.8, 4) is 0 Å². The van der Waals surface area contributed by atoms with Crippen molar-refractivity contribution >= 4 is 17.3 Å². The van der Waals surface area contributed by atoms with Crippen molar-refractivity contribution in [1.29, 1.82) is 0 Å². The van der Waals surface area contributed by atoms with Crippen LogP contribution in [0.15, 0.2) is 12.3 Å². The van der Waals surface area contributed by atoms with Gasteiger partial charge in [-0.25, -0.2) is 9.83 Å². The van der Waals surface area contributed by atoms with E-state index in [1.54, 1.807) is 13.0 Å². The van der Waals surface area contributed by atoms with Crippen LogP contribution in [0.25, 0.3) is 4.85 Å².